The van der Waals surface area contributed by atoms with Crippen molar-refractivity contribution in [2.45, 2.75) is 37.0 Å². The van der Waals surface area contributed by atoms with Gasteiger partial charge in [0.25, 0.3) is 0 Å². The first-order valence-corrected chi connectivity index (χ1v) is 10.6. The minimum Gasteiger partial charge on any atom is -0.207 e. The zero-order valence-electron chi connectivity index (χ0n) is 16.8. The summed E-state index contributed by atoms with van der Waals surface area (Å²) < 4.78 is 13.3. The molecule has 3 aromatic carbocycles. The largest absolute Gasteiger partial charge is 0.207 e. The fourth-order valence-electron chi connectivity index (χ4n) is 3.26. The first kappa shape index (κ1) is 19.6. The molecule has 0 fully saturated rings. The quantitative estimate of drug-likeness (QED) is 0.343. The number of hydrogen-bond donors (Lipinski definition) is 0. The van der Waals surface area contributed by atoms with Gasteiger partial charge < -0.3 is 0 Å². The van der Waals surface area contributed by atoms with Gasteiger partial charge in [0.1, 0.15) is 16.5 Å². The van der Waals surface area contributed by atoms with Crippen LogP contribution in [0.1, 0.15) is 31.9 Å². The van der Waals surface area contributed by atoms with Gasteiger partial charge in [0.15, 0.2) is 0 Å². The lowest BCUT2D eigenvalue weighted by Crippen LogP contribution is -2.10. The summed E-state index contributed by atoms with van der Waals surface area (Å²) in [5, 5.41) is 12.0. The van der Waals surface area contributed by atoms with E-state index in [2.05, 4.69) is 61.3 Å². The van der Waals surface area contributed by atoms with E-state index < -0.39 is 0 Å². The topological polar surface area (TPSA) is 25.8 Å². The predicted octanol–water partition coefficient (Wildman–Crippen LogP) is 7.03. The average molecular weight is 403 g/mol. The molecule has 4 aromatic rings. The molecule has 4 rings (SSSR count). The fourth-order valence-corrected chi connectivity index (χ4v) is 4.19. The molecule has 1 aromatic heterocycles. The number of rotatable bonds is 4. The van der Waals surface area contributed by atoms with Crippen molar-refractivity contribution in [2.24, 2.45) is 0 Å². The molecule has 0 aliphatic rings. The molecule has 0 unspecified atom stereocenters. The molecular formula is C25H23FN2S. The van der Waals surface area contributed by atoms with Gasteiger partial charge in [0.05, 0.1) is 0 Å². The maximum Gasteiger partial charge on any atom is 0.127 e. The highest BCUT2D eigenvalue weighted by atomic mass is 32.2. The predicted molar refractivity (Wildman–Crippen MR) is 120 cm³/mol. The van der Waals surface area contributed by atoms with E-state index in [0.29, 0.717) is 0 Å². The van der Waals surface area contributed by atoms with Crippen molar-refractivity contribution in [1.82, 2.24) is 10.2 Å². The summed E-state index contributed by atoms with van der Waals surface area (Å²) in [5.74, 6) is 0.578. The second-order valence-electron chi connectivity index (χ2n) is 8.14. The number of thioether (sulfide) groups is 1. The molecule has 0 aliphatic carbocycles. The Labute approximate surface area is 175 Å². The van der Waals surface area contributed by atoms with E-state index in [0.717, 1.165) is 32.8 Å². The normalized spacial score (nSPS) is 11.7. The van der Waals surface area contributed by atoms with Gasteiger partial charge in [0, 0.05) is 22.1 Å². The third-order valence-electron chi connectivity index (χ3n) is 4.97. The minimum atomic E-state index is -0.254. The second kappa shape index (κ2) is 7.96. The van der Waals surface area contributed by atoms with Crippen LogP contribution in [-0.2, 0) is 11.2 Å². The van der Waals surface area contributed by atoms with E-state index in [1.54, 1.807) is 23.9 Å². The summed E-state index contributed by atoms with van der Waals surface area (Å²) in [7, 11) is 0. The van der Waals surface area contributed by atoms with Gasteiger partial charge in [-0.25, -0.2) is 4.39 Å². The van der Waals surface area contributed by atoms with Gasteiger partial charge >= 0.3 is 0 Å². The SMILES string of the molecule is CC(C)(C)c1ccc(CSc2nnc(-c3ccc(F)cc3)c3ccccc23)cc1. The number of nitrogens with zero attached hydrogens (tertiary/aromatic N) is 2. The molecule has 146 valence electrons. The smallest absolute Gasteiger partial charge is 0.127 e. The van der Waals surface area contributed by atoms with Crippen LogP contribution in [0.5, 0.6) is 0 Å². The summed E-state index contributed by atoms with van der Waals surface area (Å²) >= 11 is 1.69. The van der Waals surface area contributed by atoms with E-state index in [-0.39, 0.29) is 11.2 Å². The van der Waals surface area contributed by atoms with E-state index in [1.165, 1.54) is 23.3 Å². The van der Waals surface area contributed by atoms with E-state index >= 15 is 0 Å². The molecule has 29 heavy (non-hydrogen) atoms. The maximum absolute atomic E-state index is 13.3. The van der Waals surface area contributed by atoms with Crippen LogP contribution in [0.3, 0.4) is 0 Å². The van der Waals surface area contributed by atoms with Crippen LogP contribution in [0.4, 0.5) is 4.39 Å². The molecule has 0 saturated carbocycles. The first-order valence-electron chi connectivity index (χ1n) is 9.65. The number of aromatic nitrogens is 2. The van der Waals surface area contributed by atoms with Crippen molar-refractivity contribution in [3.63, 3.8) is 0 Å². The number of hydrogen-bond acceptors (Lipinski definition) is 3. The summed E-state index contributed by atoms with van der Waals surface area (Å²) in [6.07, 6.45) is 0. The summed E-state index contributed by atoms with van der Waals surface area (Å²) in [5.41, 5.74) is 4.39. The molecule has 0 atom stereocenters. The van der Waals surface area contributed by atoms with Crippen LogP contribution in [0.15, 0.2) is 77.8 Å². The molecule has 0 amide bonds. The Balaban J connectivity index is 1.62. The Kier molecular flexibility index (Phi) is 5.37. The molecule has 4 heteroatoms. The van der Waals surface area contributed by atoms with E-state index in [1.807, 2.05) is 18.2 Å². The molecule has 0 aliphatic heterocycles. The van der Waals surface area contributed by atoms with Crippen LogP contribution in [-0.4, -0.2) is 10.2 Å². The summed E-state index contributed by atoms with van der Waals surface area (Å²) in [6, 6.07) is 23.3. The standard InChI is InChI=1S/C25H23FN2S/c1-25(2,3)19-12-8-17(9-13-19)16-29-24-22-7-5-4-6-21(22)23(27-28-24)18-10-14-20(26)15-11-18/h4-15H,16H2,1-3H3. The van der Waals surface area contributed by atoms with Gasteiger partial charge in [-0.05, 0) is 40.8 Å². The second-order valence-corrected chi connectivity index (χ2v) is 9.11. The van der Waals surface area contributed by atoms with Crippen LogP contribution < -0.4 is 0 Å². The maximum atomic E-state index is 13.3. The van der Waals surface area contributed by atoms with Crippen LogP contribution >= 0.6 is 11.8 Å². The van der Waals surface area contributed by atoms with Crippen molar-refractivity contribution in [1.29, 1.82) is 0 Å². The van der Waals surface area contributed by atoms with Crippen molar-refractivity contribution in [2.75, 3.05) is 0 Å². The molecular weight excluding hydrogens is 379 g/mol. The molecule has 0 saturated heterocycles. The summed E-state index contributed by atoms with van der Waals surface area (Å²) in [6.45, 7) is 6.67. The lowest BCUT2D eigenvalue weighted by molar-refractivity contribution is 0.590. The zero-order valence-corrected chi connectivity index (χ0v) is 17.6. The monoisotopic (exact) mass is 402 g/mol. The van der Waals surface area contributed by atoms with Crippen molar-refractivity contribution >= 4 is 22.5 Å². The van der Waals surface area contributed by atoms with Crippen molar-refractivity contribution in [3.05, 3.63) is 89.7 Å². The molecule has 1 heterocycles. The highest BCUT2D eigenvalue weighted by Crippen LogP contribution is 2.33. The molecule has 0 radical (unpaired) electrons. The Bertz CT molecular complexity index is 1130. The van der Waals surface area contributed by atoms with Crippen molar-refractivity contribution < 1.29 is 4.39 Å². The van der Waals surface area contributed by atoms with Gasteiger partial charge in [-0.3, -0.25) is 0 Å². The fraction of sp³-hybridized carbons (Fsp3) is 0.200. The van der Waals surface area contributed by atoms with Crippen LogP contribution in [0.2, 0.25) is 0 Å². The Morgan fingerprint density at radius 2 is 1.45 bits per heavy atom. The lowest BCUT2D eigenvalue weighted by atomic mass is 9.87. The van der Waals surface area contributed by atoms with E-state index in [4.69, 9.17) is 0 Å². The van der Waals surface area contributed by atoms with E-state index in [9.17, 15) is 4.39 Å². The highest BCUT2D eigenvalue weighted by Gasteiger charge is 2.14. The zero-order chi connectivity index (χ0) is 20.4. The van der Waals surface area contributed by atoms with Gasteiger partial charge in [-0.15, -0.1) is 10.2 Å². The van der Waals surface area contributed by atoms with Crippen LogP contribution in [0, 0.1) is 5.82 Å². The Hall–Kier alpha value is -2.72. The first-order chi connectivity index (χ1) is 13.9. The third-order valence-corrected chi connectivity index (χ3v) is 6.02. The molecule has 0 bridgehead atoms. The Morgan fingerprint density at radius 3 is 2.10 bits per heavy atom. The minimum absolute atomic E-state index is 0.156. The molecule has 2 nitrogen and oxygen atoms in total. The van der Waals surface area contributed by atoms with Crippen LogP contribution in [0.25, 0.3) is 22.0 Å². The molecule has 0 N–H and O–H groups in total. The molecule has 0 spiro atoms. The van der Waals surface area contributed by atoms with Gasteiger partial charge in [-0.1, -0.05) is 81.1 Å². The van der Waals surface area contributed by atoms with Crippen molar-refractivity contribution in [3.8, 4) is 11.3 Å². The third kappa shape index (κ3) is 4.33. The Morgan fingerprint density at radius 1 is 0.793 bits per heavy atom. The number of fused-ring (bicyclic) bond motifs is 1. The summed E-state index contributed by atoms with van der Waals surface area (Å²) in [4.78, 5) is 0. The van der Waals surface area contributed by atoms with Gasteiger partial charge in [-0.2, -0.15) is 0 Å². The number of benzene rings is 3. The number of halogens is 1. The average Bonchev–Trinajstić information content (AvgIpc) is 2.72. The highest BCUT2D eigenvalue weighted by molar-refractivity contribution is 7.98. The lowest BCUT2D eigenvalue weighted by Gasteiger charge is -2.19. The van der Waals surface area contributed by atoms with Gasteiger partial charge in [0.2, 0.25) is 0 Å².